The predicted molar refractivity (Wildman–Crippen MR) is 83.4 cm³/mol. The van der Waals surface area contributed by atoms with E-state index in [0.29, 0.717) is 17.7 Å². The van der Waals surface area contributed by atoms with Crippen LogP contribution >= 0.6 is 0 Å². The van der Waals surface area contributed by atoms with Crippen LogP contribution in [-0.4, -0.2) is 36.3 Å². The zero-order valence-corrected chi connectivity index (χ0v) is 12.7. The molecule has 1 heterocycles. The van der Waals surface area contributed by atoms with Crippen LogP contribution in [0.5, 0.6) is 0 Å². The highest BCUT2D eigenvalue weighted by molar-refractivity contribution is 5.99. The van der Waals surface area contributed by atoms with Gasteiger partial charge in [0.2, 0.25) is 0 Å². The topological polar surface area (TPSA) is 49.4 Å². The van der Waals surface area contributed by atoms with Crippen molar-refractivity contribution in [2.24, 2.45) is 0 Å². The summed E-state index contributed by atoms with van der Waals surface area (Å²) in [6.07, 6.45) is 5.44. The van der Waals surface area contributed by atoms with Crippen molar-refractivity contribution in [3.8, 4) is 0 Å². The third-order valence-electron chi connectivity index (χ3n) is 3.80. The van der Waals surface area contributed by atoms with Gasteiger partial charge in [0.05, 0.1) is 0 Å². The van der Waals surface area contributed by atoms with Gasteiger partial charge in [-0.15, -0.1) is 0 Å². The maximum Gasteiger partial charge on any atom is 0.253 e. The fraction of sp³-hybridized carbons (Fsp3) is 0.529. The lowest BCUT2D eigenvalue weighted by atomic mass is 10.1. The molecule has 0 bridgehead atoms. The maximum absolute atomic E-state index is 12.5. The minimum Gasteiger partial charge on any atom is -0.352 e. The molecule has 1 aromatic rings. The molecule has 1 saturated heterocycles. The molecule has 2 rings (SSSR count). The molecule has 4 heteroatoms. The van der Waals surface area contributed by atoms with E-state index in [0.717, 1.165) is 32.4 Å². The number of nitrogens with zero attached hydrogens (tertiary/aromatic N) is 1. The summed E-state index contributed by atoms with van der Waals surface area (Å²) in [5.41, 5.74) is 1.17. The molecule has 1 N–H and O–H groups in total. The summed E-state index contributed by atoms with van der Waals surface area (Å²) < 4.78 is 0. The van der Waals surface area contributed by atoms with E-state index < -0.39 is 0 Å². The molecular formula is C17H24N2O2. The van der Waals surface area contributed by atoms with Crippen molar-refractivity contribution in [3.05, 3.63) is 35.4 Å². The fourth-order valence-electron chi connectivity index (χ4n) is 2.59. The van der Waals surface area contributed by atoms with Crippen molar-refractivity contribution in [3.63, 3.8) is 0 Å². The second-order valence-electron chi connectivity index (χ2n) is 5.54. The summed E-state index contributed by atoms with van der Waals surface area (Å²) in [7, 11) is 0. The predicted octanol–water partition coefficient (Wildman–Crippen LogP) is 2.84. The Hall–Kier alpha value is -1.84. The first kappa shape index (κ1) is 15.5. The second-order valence-corrected chi connectivity index (χ2v) is 5.54. The van der Waals surface area contributed by atoms with Crippen LogP contribution < -0.4 is 5.32 Å². The van der Waals surface area contributed by atoms with Gasteiger partial charge in [0.1, 0.15) is 0 Å². The first-order valence-corrected chi connectivity index (χ1v) is 7.90. The van der Waals surface area contributed by atoms with E-state index in [1.54, 1.807) is 24.3 Å². The molecule has 0 aliphatic carbocycles. The van der Waals surface area contributed by atoms with E-state index in [-0.39, 0.29) is 11.8 Å². The number of benzene rings is 1. The first-order valence-electron chi connectivity index (χ1n) is 7.90. The summed E-state index contributed by atoms with van der Waals surface area (Å²) >= 11 is 0. The SMILES string of the molecule is CCCNC(=O)c1cccc(C(=O)N2CCCCCC2)c1. The Labute approximate surface area is 126 Å². The van der Waals surface area contributed by atoms with Gasteiger partial charge in [0.15, 0.2) is 0 Å². The molecule has 2 amide bonds. The van der Waals surface area contributed by atoms with Crippen molar-refractivity contribution in [2.75, 3.05) is 19.6 Å². The summed E-state index contributed by atoms with van der Waals surface area (Å²) in [4.78, 5) is 26.4. The smallest absolute Gasteiger partial charge is 0.253 e. The number of rotatable bonds is 4. The summed E-state index contributed by atoms with van der Waals surface area (Å²) in [6.45, 7) is 4.32. The summed E-state index contributed by atoms with van der Waals surface area (Å²) in [6, 6.07) is 7.04. The molecule has 1 aliphatic heterocycles. The number of amides is 2. The molecule has 0 atom stereocenters. The van der Waals surface area contributed by atoms with Crippen LogP contribution in [0.25, 0.3) is 0 Å². The molecule has 114 valence electrons. The van der Waals surface area contributed by atoms with E-state index >= 15 is 0 Å². The van der Waals surface area contributed by atoms with Gasteiger partial charge in [-0.2, -0.15) is 0 Å². The van der Waals surface area contributed by atoms with Gasteiger partial charge >= 0.3 is 0 Å². The maximum atomic E-state index is 12.5. The Morgan fingerprint density at radius 1 is 1.10 bits per heavy atom. The summed E-state index contributed by atoms with van der Waals surface area (Å²) in [5, 5.41) is 2.84. The highest BCUT2D eigenvalue weighted by atomic mass is 16.2. The van der Waals surface area contributed by atoms with Gasteiger partial charge in [-0.25, -0.2) is 0 Å². The van der Waals surface area contributed by atoms with E-state index in [1.807, 2.05) is 11.8 Å². The van der Waals surface area contributed by atoms with Crippen LogP contribution in [0, 0.1) is 0 Å². The molecule has 4 nitrogen and oxygen atoms in total. The molecule has 21 heavy (non-hydrogen) atoms. The lowest BCUT2D eigenvalue weighted by Gasteiger charge is -2.20. The van der Waals surface area contributed by atoms with Gasteiger partial charge in [0.25, 0.3) is 11.8 Å². The minimum atomic E-state index is -0.109. The van der Waals surface area contributed by atoms with E-state index in [2.05, 4.69) is 5.32 Å². The van der Waals surface area contributed by atoms with Crippen molar-refractivity contribution in [2.45, 2.75) is 39.0 Å². The number of hydrogen-bond donors (Lipinski definition) is 1. The van der Waals surface area contributed by atoms with Crippen molar-refractivity contribution in [1.29, 1.82) is 0 Å². The number of nitrogens with one attached hydrogen (secondary N) is 1. The third-order valence-corrected chi connectivity index (χ3v) is 3.80. The van der Waals surface area contributed by atoms with E-state index in [1.165, 1.54) is 12.8 Å². The molecule has 1 aromatic carbocycles. The Morgan fingerprint density at radius 2 is 1.76 bits per heavy atom. The van der Waals surface area contributed by atoms with Crippen molar-refractivity contribution >= 4 is 11.8 Å². The highest BCUT2D eigenvalue weighted by Gasteiger charge is 2.18. The number of hydrogen-bond acceptors (Lipinski definition) is 2. The molecule has 1 fully saturated rings. The molecule has 0 spiro atoms. The number of carbonyl (C=O) groups excluding carboxylic acids is 2. The van der Waals surface area contributed by atoms with Gasteiger partial charge in [0, 0.05) is 30.8 Å². The Morgan fingerprint density at radius 3 is 2.43 bits per heavy atom. The molecule has 0 radical (unpaired) electrons. The normalized spacial score (nSPS) is 15.4. The van der Waals surface area contributed by atoms with E-state index in [4.69, 9.17) is 0 Å². The summed E-state index contributed by atoms with van der Waals surface area (Å²) in [5.74, 6) is -0.0654. The van der Waals surface area contributed by atoms with Crippen molar-refractivity contribution < 1.29 is 9.59 Å². The van der Waals surface area contributed by atoms with Gasteiger partial charge in [-0.1, -0.05) is 25.8 Å². The first-order chi connectivity index (χ1) is 10.2. The van der Waals surface area contributed by atoms with Gasteiger partial charge in [-0.05, 0) is 37.5 Å². The van der Waals surface area contributed by atoms with Gasteiger partial charge in [-0.3, -0.25) is 9.59 Å². The standard InChI is InChI=1S/C17H24N2O2/c1-2-10-18-16(20)14-8-7-9-15(13-14)17(21)19-11-5-3-4-6-12-19/h7-9,13H,2-6,10-12H2,1H3,(H,18,20). The quantitative estimate of drug-likeness (QED) is 0.926. The van der Waals surface area contributed by atoms with Crippen LogP contribution in [0.3, 0.4) is 0 Å². The average molecular weight is 288 g/mol. The Kier molecular flexibility index (Phi) is 5.78. The Balaban J connectivity index is 2.08. The zero-order chi connectivity index (χ0) is 15.1. The highest BCUT2D eigenvalue weighted by Crippen LogP contribution is 2.14. The molecule has 0 unspecified atom stereocenters. The van der Waals surface area contributed by atoms with Crippen LogP contribution in [0.4, 0.5) is 0 Å². The Bertz CT molecular complexity index is 491. The largest absolute Gasteiger partial charge is 0.352 e. The number of carbonyl (C=O) groups is 2. The number of likely N-dealkylation sites (tertiary alicyclic amines) is 1. The molecule has 0 aromatic heterocycles. The average Bonchev–Trinajstić information content (AvgIpc) is 2.81. The lowest BCUT2D eigenvalue weighted by molar-refractivity contribution is 0.0761. The fourth-order valence-corrected chi connectivity index (χ4v) is 2.59. The van der Waals surface area contributed by atoms with Gasteiger partial charge < -0.3 is 10.2 Å². The van der Waals surface area contributed by atoms with Crippen LogP contribution in [0.1, 0.15) is 59.7 Å². The zero-order valence-electron chi connectivity index (χ0n) is 12.7. The molecule has 1 aliphatic rings. The van der Waals surface area contributed by atoms with Crippen LogP contribution in [0.2, 0.25) is 0 Å². The van der Waals surface area contributed by atoms with Crippen LogP contribution in [-0.2, 0) is 0 Å². The monoisotopic (exact) mass is 288 g/mol. The van der Waals surface area contributed by atoms with Crippen molar-refractivity contribution in [1.82, 2.24) is 10.2 Å². The lowest BCUT2D eigenvalue weighted by Crippen LogP contribution is -2.32. The van der Waals surface area contributed by atoms with E-state index in [9.17, 15) is 9.59 Å². The van der Waals surface area contributed by atoms with Crippen LogP contribution in [0.15, 0.2) is 24.3 Å². The second kappa shape index (κ2) is 7.81. The molecule has 0 saturated carbocycles. The third kappa shape index (κ3) is 4.31. The minimum absolute atomic E-state index is 0.0436. The molecular weight excluding hydrogens is 264 g/mol.